The molecule has 110 valence electrons. The van der Waals surface area contributed by atoms with Crippen molar-refractivity contribution in [2.75, 3.05) is 25.4 Å². The first kappa shape index (κ1) is 14.7. The van der Waals surface area contributed by atoms with E-state index in [1.165, 1.54) is 10.4 Å². The minimum Gasteiger partial charge on any atom is -0.396 e. The first-order valence-corrected chi connectivity index (χ1v) is 7.45. The molecule has 1 aliphatic rings. The van der Waals surface area contributed by atoms with Gasteiger partial charge in [0.2, 0.25) is 10.0 Å². The molecule has 0 amide bonds. The summed E-state index contributed by atoms with van der Waals surface area (Å²) >= 11 is 0. The first-order valence-electron chi connectivity index (χ1n) is 6.01. The highest BCUT2D eigenvalue weighted by Gasteiger charge is 2.32. The number of nitrogen functional groups attached to an aromatic ring is 1. The fraction of sp³-hybridized carbons (Fsp3) is 0.455. The molecule has 1 aromatic carbocycles. The average Bonchev–Trinajstić information content (AvgIpc) is 2.87. The Kier molecular flexibility index (Phi) is 3.93. The van der Waals surface area contributed by atoms with Crippen molar-refractivity contribution in [2.45, 2.75) is 11.3 Å². The van der Waals surface area contributed by atoms with Crippen LogP contribution in [0.4, 0.5) is 11.4 Å². The number of nitrogens with two attached hydrogens (primary N) is 1. The number of sulfonamides is 1. The molecular weight excluding hydrogens is 286 g/mol. The molecule has 0 spiro atoms. The molecule has 3 N–H and O–H groups in total. The highest BCUT2D eigenvalue weighted by atomic mass is 32.2. The number of anilines is 1. The van der Waals surface area contributed by atoms with Gasteiger partial charge in [-0.25, -0.2) is 8.42 Å². The number of nitro benzene ring substituents is 1. The lowest BCUT2D eigenvalue weighted by molar-refractivity contribution is -0.383. The summed E-state index contributed by atoms with van der Waals surface area (Å²) in [5, 5.41) is 19.7. The highest BCUT2D eigenvalue weighted by molar-refractivity contribution is 7.89. The predicted molar refractivity (Wildman–Crippen MR) is 71.5 cm³/mol. The Morgan fingerprint density at radius 3 is 2.70 bits per heavy atom. The molecule has 1 aliphatic heterocycles. The topological polar surface area (TPSA) is 127 Å². The molecule has 0 aromatic heterocycles. The molecule has 9 heteroatoms. The van der Waals surface area contributed by atoms with Crippen LogP contribution in [0.3, 0.4) is 0 Å². The van der Waals surface area contributed by atoms with Crippen LogP contribution in [0, 0.1) is 16.0 Å². The smallest absolute Gasteiger partial charge is 0.292 e. The Morgan fingerprint density at radius 1 is 1.50 bits per heavy atom. The summed E-state index contributed by atoms with van der Waals surface area (Å²) in [5.74, 6) is -0.0693. The molecule has 0 saturated carbocycles. The molecule has 1 saturated heterocycles. The van der Waals surface area contributed by atoms with Gasteiger partial charge in [0, 0.05) is 25.8 Å². The van der Waals surface area contributed by atoms with Crippen LogP contribution in [0.5, 0.6) is 0 Å². The van der Waals surface area contributed by atoms with Gasteiger partial charge in [-0.15, -0.1) is 0 Å². The molecule has 1 atom stereocenters. The van der Waals surface area contributed by atoms with E-state index in [1.54, 1.807) is 0 Å². The molecular formula is C11H15N3O5S. The Bertz CT molecular complexity index is 631. The van der Waals surface area contributed by atoms with Gasteiger partial charge in [-0.1, -0.05) is 0 Å². The second kappa shape index (κ2) is 5.35. The van der Waals surface area contributed by atoms with Crippen molar-refractivity contribution in [2.24, 2.45) is 5.92 Å². The third kappa shape index (κ3) is 2.60. The van der Waals surface area contributed by atoms with Crippen molar-refractivity contribution in [3.63, 3.8) is 0 Å². The minimum atomic E-state index is -3.73. The predicted octanol–water partition coefficient (Wildman–Crippen LogP) is 0.180. The van der Waals surface area contributed by atoms with E-state index in [1.807, 2.05) is 0 Å². The minimum absolute atomic E-state index is 0.0611. The maximum atomic E-state index is 12.3. The second-order valence-corrected chi connectivity index (χ2v) is 6.62. The standard InChI is InChI=1S/C11H15N3O5S/c12-10-5-9(1-2-11(10)14(16)17)20(18,19)13-4-3-8(6-13)7-15/h1-2,5,8,15H,3-4,6-7,12H2. The maximum Gasteiger partial charge on any atom is 0.292 e. The third-order valence-corrected chi connectivity index (χ3v) is 5.20. The molecule has 2 rings (SSSR count). The lowest BCUT2D eigenvalue weighted by Crippen LogP contribution is -2.29. The zero-order valence-electron chi connectivity index (χ0n) is 10.6. The van der Waals surface area contributed by atoms with Gasteiger partial charge in [-0.3, -0.25) is 10.1 Å². The lowest BCUT2D eigenvalue weighted by atomic mass is 10.1. The van der Waals surface area contributed by atoms with Crippen LogP contribution >= 0.6 is 0 Å². The first-order chi connectivity index (χ1) is 9.36. The molecule has 8 nitrogen and oxygen atoms in total. The molecule has 0 aliphatic carbocycles. The van der Waals surface area contributed by atoms with E-state index < -0.39 is 14.9 Å². The van der Waals surface area contributed by atoms with Crippen molar-refractivity contribution >= 4 is 21.4 Å². The second-order valence-electron chi connectivity index (χ2n) is 4.68. The van der Waals surface area contributed by atoms with E-state index in [-0.39, 0.29) is 35.3 Å². The molecule has 0 bridgehead atoms. The van der Waals surface area contributed by atoms with Gasteiger partial charge in [-0.05, 0) is 24.5 Å². The number of hydrogen-bond donors (Lipinski definition) is 2. The van der Waals surface area contributed by atoms with E-state index in [2.05, 4.69) is 0 Å². The summed E-state index contributed by atoms with van der Waals surface area (Å²) in [5.41, 5.74) is 5.00. The van der Waals surface area contributed by atoms with Crippen molar-refractivity contribution in [3.05, 3.63) is 28.3 Å². The number of aliphatic hydroxyl groups is 1. The Balaban J connectivity index is 2.31. The summed E-state index contributed by atoms with van der Waals surface area (Å²) in [6, 6.07) is 3.36. The van der Waals surface area contributed by atoms with Gasteiger partial charge in [0.25, 0.3) is 5.69 Å². The molecule has 1 heterocycles. The van der Waals surface area contributed by atoms with Crippen molar-refractivity contribution in [3.8, 4) is 0 Å². The zero-order valence-corrected chi connectivity index (χ0v) is 11.4. The summed E-state index contributed by atoms with van der Waals surface area (Å²) in [6.45, 7) is 0.509. The number of aliphatic hydroxyl groups excluding tert-OH is 1. The van der Waals surface area contributed by atoms with Crippen LogP contribution in [0.15, 0.2) is 23.1 Å². The van der Waals surface area contributed by atoms with E-state index in [0.717, 1.165) is 12.1 Å². The number of nitrogens with zero attached hydrogens (tertiary/aromatic N) is 2. The van der Waals surface area contributed by atoms with Crippen LogP contribution in [0.1, 0.15) is 6.42 Å². The van der Waals surface area contributed by atoms with Gasteiger partial charge in [0.05, 0.1) is 9.82 Å². The van der Waals surface area contributed by atoms with Gasteiger partial charge < -0.3 is 10.8 Å². The van der Waals surface area contributed by atoms with Crippen molar-refractivity contribution in [1.29, 1.82) is 0 Å². The summed E-state index contributed by atoms with van der Waals surface area (Å²) in [4.78, 5) is 9.93. The monoisotopic (exact) mass is 301 g/mol. The van der Waals surface area contributed by atoms with E-state index in [0.29, 0.717) is 13.0 Å². The molecule has 1 unspecified atom stereocenters. The summed E-state index contributed by atoms with van der Waals surface area (Å²) < 4.78 is 26.0. The number of rotatable bonds is 4. The summed E-state index contributed by atoms with van der Waals surface area (Å²) in [6.07, 6.45) is 0.595. The molecule has 1 aromatic rings. The number of hydrogen-bond acceptors (Lipinski definition) is 6. The van der Waals surface area contributed by atoms with Crippen molar-refractivity contribution in [1.82, 2.24) is 4.31 Å². The zero-order chi connectivity index (χ0) is 14.9. The van der Waals surface area contributed by atoms with E-state index in [9.17, 15) is 18.5 Å². The normalized spacial score (nSPS) is 20.1. The van der Waals surface area contributed by atoms with Crippen LogP contribution < -0.4 is 5.73 Å². The van der Waals surface area contributed by atoms with Crippen LogP contribution in [0.25, 0.3) is 0 Å². The van der Waals surface area contributed by atoms with Gasteiger partial charge in [0.15, 0.2) is 0 Å². The number of nitro groups is 1. The highest BCUT2D eigenvalue weighted by Crippen LogP contribution is 2.28. The SMILES string of the molecule is Nc1cc(S(=O)(=O)N2CCC(CO)C2)ccc1[N+](=O)[O-]. The van der Waals surface area contributed by atoms with Crippen LogP contribution in [-0.2, 0) is 10.0 Å². The third-order valence-electron chi connectivity index (χ3n) is 3.34. The Hall–Kier alpha value is -1.71. The summed E-state index contributed by atoms with van der Waals surface area (Å²) in [7, 11) is -3.73. The van der Waals surface area contributed by atoms with E-state index in [4.69, 9.17) is 10.8 Å². The molecule has 20 heavy (non-hydrogen) atoms. The fourth-order valence-corrected chi connectivity index (χ4v) is 3.74. The average molecular weight is 301 g/mol. The Morgan fingerprint density at radius 2 is 2.20 bits per heavy atom. The fourth-order valence-electron chi connectivity index (χ4n) is 2.17. The van der Waals surface area contributed by atoms with Gasteiger partial charge >= 0.3 is 0 Å². The molecule has 1 fully saturated rings. The largest absolute Gasteiger partial charge is 0.396 e. The molecule has 0 radical (unpaired) electrons. The quantitative estimate of drug-likeness (QED) is 0.464. The van der Waals surface area contributed by atoms with Gasteiger partial charge in [-0.2, -0.15) is 4.31 Å². The van der Waals surface area contributed by atoms with Crippen LogP contribution in [-0.4, -0.2) is 42.4 Å². The van der Waals surface area contributed by atoms with Gasteiger partial charge in [0.1, 0.15) is 5.69 Å². The van der Waals surface area contributed by atoms with E-state index >= 15 is 0 Å². The van der Waals surface area contributed by atoms with Crippen molar-refractivity contribution < 1.29 is 18.4 Å². The van der Waals surface area contributed by atoms with Crippen LogP contribution in [0.2, 0.25) is 0 Å². The number of benzene rings is 1. The Labute approximate surface area is 116 Å². The lowest BCUT2D eigenvalue weighted by Gasteiger charge is -2.16. The maximum absolute atomic E-state index is 12.3.